The van der Waals surface area contributed by atoms with Crippen molar-refractivity contribution in [2.45, 2.75) is 13.0 Å². The van der Waals surface area contributed by atoms with Crippen LogP contribution in [0.5, 0.6) is 0 Å². The quantitative estimate of drug-likeness (QED) is 0.712. The molecule has 140 valence electrons. The SMILES string of the molecule is Cn1nc(CC(=O)N2CC[NH+](Cc3ccsc3)CC2)c2ccccc2c1=O. The molecule has 2 aromatic heterocycles. The van der Waals surface area contributed by atoms with E-state index in [2.05, 4.69) is 21.9 Å². The molecule has 3 heterocycles. The Morgan fingerprint density at radius 3 is 2.63 bits per heavy atom. The summed E-state index contributed by atoms with van der Waals surface area (Å²) in [6.45, 7) is 4.48. The summed E-state index contributed by atoms with van der Waals surface area (Å²) in [5, 5.41) is 10.0. The van der Waals surface area contributed by atoms with Crippen molar-refractivity contribution in [2.24, 2.45) is 7.05 Å². The normalized spacial score (nSPS) is 15.4. The average molecular weight is 383 g/mol. The minimum atomic E-state index is -0.132. The number of nitrogens with zero attached hydrogens (tertiary/aromatic N) is 3. The fourth-order valence-electron chi connectivity index (χ4n) is 3.69. The molecule has 1 amide bonds. The Morgan fingerprint density at radius 2 is 1.93 bits per heavy atom. The number of amides is 1. The second-order valence-corrected chi connectivity index (χ2v) is 7.82. The van der Waals surface area contributed by atoms with E-state index in [4.69, 9.17) is 0 Å². The van der Waals surface area contributed by atoms with E-state index in [-0.39, 0.29) is 17.9 Å². The van der Waals surface area contributed by atoms with Crippen LogP contribution in [0.4, 0.5) is 0 Å². The van der Waals surface area contributed by atoms with Gasteiger partial charge < -0.3 is 9.80 Å². The zero-order chi connectivity index (χ0) is 18.8. The number of quaternary nitrogens is 1. The number of carbonyl (C=O) groups excluding carboxylic acids is 1. The number of nitrogens with one attached hydrogen (secondary N) is 1. The van der Waals surface area contributed by atoms with E-state index in [1.807, 2.05) is 23.1 Å². The number of benzene rings is 1. The van der Waals surface area contributed by atoms with E-state index in [1.54, 1.807) is 24.5 Å². The molecule has 6 nitrogen and oxygen atoms in total. The Bertz CT molecular complexity index is 1000. The summed E-state index contributed by atoms with van der Waals surface area (Å²) < 4.78 is 1.33. The molecule has 4 rings (SSSR count). The smallest absolute Gasteiger partial charge is 0.274 e. The molecular formula is C20H23N4O2S+. The highest BCUT2D eigenvalue weighted by atomic mass is 32.1. The van der Waals surface area contributed by atoms with Gasteiger partial charge in [0.2, 0.25) is 5.91 Å². The molecule has 1 fully saturated rings. The molecule has 27 heavy (non-hydrogen) atoms. The summed E-state index contributed by atoms with van der Waals surface area (Å²) in [5.74, 6) is 0.0842. The summed E-state index contributed by atoms with van der Waals surface area (Å²) in [5.41, 5.74) is 1.91. The summed E-state index contributed by atoms with van der Waals surface area (Å²) in [6.07, 6.45) is 0.231. The molecule has 7 heteroatoms. The van der Waals surface area contributed by atoms with Crippen molar-refractivity contribution in [1.82, 2.24) is 14.7 Å². The maximum atomic E-state index is 12.8. The van der Waals surface area contributed by atoms with Crippen molar-refractivity contribution in [3.05, 3.63) is 62.7 Å². The molecule has 1 aliphatic heterocycles. The van der Waals surface area contributed by atoms with E-state index in [0.717, 1.165) is 38.1 Å². The van der Waals surface area contributed by atoms with Crippen LogP contribution in [0.1, 0.15) is 11.3 Å². The highest BCUT2D eigenvalue weighted by Gasteiger charge is 2.25. The Morgan fingerprint density at radius 1 is 1.19 bits per heavy atom. The molecule has 0 atom stereocenters. The maximum absolute atomic E-state index is 12.8. The number of aromatic nitrogens is 2. The van der Waals surface area contributed by atoms with Crippen LogP contribution in [-0.2, 0) is 24.8 Å². The lowest BCUT2D eigenvalue weighted by Crippen LogP contribution is -3.13. The van der Waals surface area contributed by atoms with Crippen molar-refractivity contribution in [3.63, 3.8) is 0 Å². The molecule has 1 N–H and O–H groups in total. The second-order valence-electron chi connectivity index (χ2n) is 7.04. The van der Waals surface area contributed by atoms with Crippen LogP contribution in [0, 0.1) is 0 Å². The molecule has 0 aliphatic carbocycles. The first-order valence-electron chi connectivity index (χ1n) is 9.19. The summed E-state index contributed by atoms with van der Waals surface area (Å²) in [7, 11) is 1.63. The lowest BCUT2D eigenvalue weighted by Gasteiger charge is -2.32. The first-order valence-corrected chi connectivity index (χ1v) is 10.1. The second kappa shape index (κ2) is 7.62. The van der Waals surface area contributed by atoms with Gasteiger partial charge in [0, 0.05) is 18.0 Å². The van der Waals surface area contributed by atoms with E-state index in [9.17, 15) is 9.59 Å². The third kappa shape index (κ3) is 3.79. The molecule has 1 aliphatic rings. The van der Waals surface area contributed by atoms with Gasteiger partial charge in [0.15, 0.2) is 0 Å². The van der Waals surface area contributed by atoms with Gasteiger partial charge in [-0.3, -0.25) is 9.59 Å². The zero-order valence-electron chi connectivity index (χ0n) is 15.4. The van der Waals surface area contributed by atoms with Gasteiger partial charge in [-0.2, -0.15) is 16.4 Å². The van der Waals surface area contributed by atoms with Gasteiger partial charge in [-0.1, -0.05) is 18.2 Å². The Labute approximate surface area is 161 Å². The maximum Gasteiger partial charge on any atom is 0.274 e. The minimum Gasteiger partial charge on any atom is -0.331 e. The molecule has 0 unspecified atom stereocenters. The van der Waals surface area contributed by atoms with Crippen LogP contribution in [0.2, 0.25) is 0 Å². The predicted molar refractivity (Wildman–Crippen MR) is 106 cm³/mol. The first kappa shape index (κ1) is 17.9. The minimum absolute atomic E-state index is 0.0842. The Hall–Kier alpha value is -2.51. The van der Waals surface area contributed by atoms with E-state index >= 15 is 0 Å². The van der Waals surface area contributed by atoms with Gasteiger partial charge in [0.25, 0.3) is 5.56 Å². The van der Waals surface area contributed by atoms with Crippen LogP contribution >= 0.6 is 11.3 Å². The van der Waals surface area contributed by atoms with Crippen molar-refractivity contribution in [3.8, 4) is 0 Å². The van der Waals surface area contributed by atoms with Gasteiger partial charge >= 0.3 is 0 Å². The predicted octanol–water partition coefficient (Wildman–Crippen LogP) is 0.465. The zero-order valence-corrected chi connectivity index (χ0v) is 16.2. The number of rotatable bonds is 4. The van der Waals surface area contributed by atoms with E-state index < -0.39 is 0 Å². The van der Waals surface area contributed by atoms with Gasteiger partial charge in [-0.05, 0) is 22.9 Å². The van der Waals surface area contributed by atoms with Gasteiger partial charge in [0.1, 0.15) is 6.54 Å². The monoisotopic (exact) mass is 383 g/mol. The number of hydrogen-bond donors (Lipinski definition) is 1. The lowest BCUT2D eigenvalue weighted by atomic mass is 10.1. The first-order chi connectivity index (χ1) is 13.1. The van der Waals surface area contributed by atoms with E-state index in [0.29, 0.717) is 11.1 Å². The molecular weight excluding hydrogens is 360 g/mol. The Balaban J connectivity index is 1.44. The third-order valence-corrected chi connectivity index (χ3v) is 5.94. The number of aryl methyl sites for hydroxylation is 1. The molecule has 0 saturated carbocycles. The van der Waals surface area contributed by atoms with Gasteiger partial charge in [-0.15, -0.1) is 0 Å². The molecule has 1 aromatic carbocycles. The fourth-order valence-corrected chi connectivity index (χ4v) is 4.36. The summed E-state index contributed by atoms with van der Waals surface area (Å²) in [6, 6.07) is 9.55. The van der Waals surface area contributed by atoms with Crippen molar-refractivity contribution < 1.29 is 9.69 Å². The van der Waals surface area contributed by atoms with Gasteiger partial charge in [0.05, 0.1) is 43.7 Å². The average Bonchev–Trinajstić information content (AvgIpc) is 3.19. The van der Waals surface area contributed by atoms with Crippen molar-refractivity contribution in [2.75, 3.05) is 26.2 Å². The van der Waals surface area contributed by atoms with E-state index in [1.165, 1.54) is 15.1 Å². The standard InChI is InChI=1S/C20H22N4O2S/c1-22-20(26)17-5-3-2-4-16(17)18(21-22)12-19(25)24-9-7-23(8-10-24)13-15-6-11-27-14-15/h2-6,11,14H,7-10,12-13H2,1H3/p+1. The molecule has 1 saturated heterocycles. The fraction of sp³-hybridized carbons (Fsp3) is 0.350. The van der Waals surface area contributed by atoms with Gasteiger partial charge in [-0.25, -0.2) is 4.68 Å². The van der Waals surface area contributed by atoms with Crippen LogP contribution in [0.3, 0.4) is 0 Å². The van der Waals surface area contributed by atoms with Crippen LogP contribution in [0.25, 0.3) is 10.8 Å². The van der Waals surface area contributed by atoms with Crippen molar-refractivity contribution in [1.29, 1.82) is 0 Å². The summed E-state index contributed by atoms with van der Waals surface area (Å²) >= 11 is 1.73. The topological polar surface area (TPSA) is 59.6 Å². The largest absolute Gasteiger partial charge is 0.331 e. The van der Waals surface area contributed by atoms with Crippen LogP contribution in [-0.4, -0.2) is 46.8 Å². The van der Waals surface area contributed by atoms with Crippen LogP contribution in [0.15, 0.2) is 45.9 Å². The molecule has 3 aromatic rings. The molecule has 0 spiro atoms. The lowest BCUT2D eigenvalue weighted by molar-refractivity contribution is -0.917. The number of piperazine rings is 1. The number of thiophene rings is 1. The highest BCUT2D eigenvalue weighted by molar-refractivity contribution is 7.07. The molecule has 0 bridgehead atoms. The Kier molecular flexibility index (Phi) is 5.05. The molecule has 0 radical (unpaired) electrons. The summed E-state index contributed by atoms with van der Waals surface area (Å²) in [4.78, 5) is 28.5. The third-order valence-electron chi connectivity index (χ3n) is 5.21. The number of hydrogen-bond acceptors (Lipinski definition) is 4. The highest BCUT2D eigenvalue weighted by Crippen LogP contribution is 2.14. The number of fused-ring (bicyclic) bond motifs is 1. The van der Waals surface area contributed by atoms with Crippen LogP contribution < -0.4 is 10.5 Å². The number of carbonyl (C=O) groups is 1. The van der Waals surface area contributed by atoms with Crippen molar-refractivity contribution >= 4 is 28.0 Å².